The summed E-state index contributed by atoms with van der Waals surface area (Å²) in [6.07, 6.45) is 3.72. The van der Waals surface area contributed by atoms with E-state index in [0.717, 1.165) is 12.3 Å². The van der Waals surface area contributed by atoms with Crippen LogP contribution in [0, 0.1) is 16.0 Å². The lowest BCUT2D eigenvalue weighted by Crippen LogP contribution is -2.17. The zero-order valence-corrected chi connectivity index (χ0v) is 9.72. The van der Waals surface area contributed by atoms with Crippen molar-refractivity contribution in [3.63, 3.8) is 0 Å². The van der Waals surface area contributed by atoms with Crippen molar-refractivity contribution in [3.05, 3.63) is 22.2 Å². The highest BCUT2D eigenvalue weighted by molar-refractivity contribution is 5.57. The molecule has 6 heteroatoms. The number of nitrogens with two attached hydrogens (primary N) is 1. The smallest absolute Gasteiger partial charge is 0.311 e. The molecule has 1 heterocycles. The predicted octanol–water partition coefficient (Wildman–Crippen LogP) is 2.17. The second kappa shape index (κ2) is 4.57. The number of aromatic nitrogens is 1. The molecule has 1 aliphatic rings. The number of nitrogens with zero attached hydrogens (tertiary/aromatic N) is 2. The van der Waals surface area contributed by atoms with Crippen molar-refractivity contribution in [3.8, 4) is 0 Å². The van der Waals surface area contributed by atoms with Crippen LogP contribution in [0.25, 0.3) is 0 Å². The lowest BCUT2D eigenvalue weighted by Gasteiger charge is -2.13. The van der Waals surface area contributed by atoms with Gasteiger partial charge in [-0.3, -0.25) is 10.1 Å². The Morgan fingerprint density at radius 1 is 1.65 bits per heavy atom. The van der Waals surface area contributed by atoms with E-state index >= 15 is 0 Å². The van der Waals surface area contributed by atoms with Gasteiger partial charge in [-0.2, -0.15) is 0 Å². The van der Waals surface area contributed by atoms with Gasteiger partial charge in [0.15, 0.2) is 0 Å². The molecule has 1 atom stereocenters. The minimum atomic E-state index is -0.528. The average Bonchev–Trinajstić information content (AvgIpc) is 3.00. The maximum atomic E-state index is 10.6. The van der Waals surface area contributed by atoms with E-state index in [1.54, 1.807) is 6.07 Å². The van der Waals surface area contributed by atoms with Crippen LogP contribution in [0.15, 0.2) is 12.1 Å². The number of nitrogen functional groups attached to an aromatic ring is 1. The molecule has 92 valence electrons. The molecule has 0 aliphatic heterocycles. The van der Waals surface area contributed by atoms with Gasteiger partial charge in [0, 0.05) is 12.1 Å². The fourth-order valence-electron chi connectivity index (χ4n) is 1.87. The lowest BCUT2D eigenvalue weighted by molar-refractivity contribution is -0.384. The first-order valence-electron chi connectivity index (χ1n) is 5.73. The summed E-state index contributed by atoms with van der Waals surface area (Å²) in [4.78, 5) is 14.0. The average molecular weight is 236 g/mol. The summed E-state index contributed by atoms with van der Waals surface area (Å²) >= 11 is 0. The highest BCUT2D eigenvalue weighted by atomic mass is 16.6. The number of nitrogens with one attached hydrogen (secondary N) is 1. The zero-order chi connectivity index (χ0) is 12.4. The summed E-state index contributed by atoms with van der Waals surface area (Å²) in [7, 11) is 0. The normalized spacial score (nSPS) is 16.5. The van der Waals surface area contributed by atoms with E-state index in [4.69, 9.17) is 5.73 Å². The monoisotopic (exact) mass is 236 g/mol. The molecule has 1 unspecified atom stereocenters. The molecule has 6 nitrogen and oxygen atoms in total. The Morgan fingerprint density at radius 3 is 2.88 bits per heavy atom. The largest absolute Gasteiger partial charge is 0.378 e. The van der Waals surface area contributed by atoms with Crippen LogP contribution in [-0.2, 0) is 0 Å². The standard InChI is InChI=1S/C11H16N4O2/c1-7(6-8-2-3-8)13-10-5-4-9(15(16)17)11(12)14-10/h4-5,7-8H,2-3,6H2,1H3,(H3,12,13,14). The van der Waals surface area contributed by atoms with Gasteiger partial charge in [0.2, 0.25) is 5.82 Å². The zero-order valence-electron chi connectivity index (χ0n) is 9.72. The molecule has 0 saturated heterocycles. The van der Waals surface area contributed by atoms with Crippen molar-refractivity contribution in [2.75, 3.05) is 11.1 Å². The van der Waals surface area contributed by atoms with Crippen molar-refractivity contribution in [2.24, 2.45) is 5.92 Å². The minimum Gasteiger partial charge on any atom is -0.378 e. The van der Waals surface area contributed by atoms with Crippen LogP contribution in [0.1, 0.15) is 26.2 Å². The van der Waals surface area contributed by atoms with Gasteiger partial charge in [0.1, 0.15) is 5.82 Å². The summed E-state index contributed by atoms with van der Waals surface area (Å²) in [5, 5.41) is 13.8. The molecule has 0 radical (unpaired) electrons. The third-order valence-corrected chi connectivity index (χ3v) is 2.88. The Hall–Kier alpha value is -1.85. The van der Waals surface area contributed by atoms with Crippen molar-refractivity contribution < 1.29 is 4.92 Å². The molecule has 1 fully saturated rings. The second-order valence-electron chi connectivity index (χ2n) is 4.58. The van der Waals surface area contributed by atoms with Gasteiger partial charge in [0.05, 0.1) is 4.92 Å². The van der Waals surface area contributed by atoms with Crippen LogP contribution in [0.3, 0.4) is 0 Å². The minimum absolute atomic E-state index is 0.0429. The Kier molecular flexibility index (Phi) is 3.12. The number of pyridine rings is 1. The fraction of sp³-hybridized carbons (Fsp3) is 0.545. The van der Waals surface area contributed by atoms with E-state index in [1.165, 1.54) is 18.9 Å². The molecule has 2 rings (SSSR count). The third-order valence-electron chi connectivity index (χ3n) is 2.88. The molecular formula is C11H16N4O2. The Morgan fingerprint density at radius 2 is 2.35 bits per heavy atom. The summed E-state index contributed by atoms with van der Waals surface area (Å²) in [5.74, 6) is 1.38. The van der Waals surface area contributed by atoms with Gasteiger partial charge >= 0.3 is 5.69 Å². The first kappa shape index (κ1) is 11.6. The Balaban J connectivity index is 2.00. The van der Waals surface area contributed by atoms with E-state index in [1.807, 2.05) is 0 Å². The van der Waals surface area contributed by atoms with E-state index in [2.05, 4.69) is 17.2 Å². The summed E-state index contributed by atoms with van der Waals surface area (Å²) in [5.41, 5.74) is 5.37. The molecule has 1 aromatic heterocycles. The van der Waals surface area contributed by atoms with E-state index in [-0.39, 0.29) is 11.5 Å². The SMILES string of the molecule is CC(CC1CC1)Nc1ccc([N+](=O)[O-])c(N)n1. The van der Waals surface area contributed by atoms with Crippen molar-refractivity contribution >= 4 is 17.3 Å². The van der Waals surface area contributed by atoms with Gasteiger partial charge in [-0.05, 0) is 25.3 Å². The van der Waals surface area contributed by atoms with Gasteiger partial charge in [-0.25, -0.2) is 4.98 Å². The molecular weight excluding hydrogens is 220 g/mol. The molecule has 17 heavy (non-hydrogen) atoms. The number of hydrogen-bond acceptors (Lipinski definition) is 5. The maximum absolute atomic E-state index is 10.6. The maximum Gasteiger partial charge on any atom is 0.311 e. The van der Waals surface area contributed by atoms with Crippen LogP contribution < -0.4 is 11.1 Å². The molecule has 0 bridgehead atoms. The van der Waals surface area contributed by atoms with Crippen LogP contribution in [0.5, 0.6) is 0 Å². The van der Waals surface area contributed by atoms with Gasteiger partial charge in [0.25, 0.3) is 0 Å². The molecule has 0 spiro atoms. The van der Waals surface area contributed by atoms with E-state index in [9.17, 15) is 10.1 Å². The summed E-state index contributed by atoms with van der Waals surface area (Å²) in [6.45, 7) is 2.08. The molecule has 1 aromatic rings. The molecule has 0 aromatic carbocycles. The number of anilines is 2. The van der Waals surface area contributed by atoms with Gasteiger partial charge in [-0.1, -0.05) is 12.8 Å². The van der Waals surface area contributed by atoms with Crippen LogP contribution in [0.4, 0.5) is 17.3 Å². The first-order valence-corrected chi connectivity index (χ1v) is 5.73. The van der Waals surface area contributed by atoms with Crippen molar-refractivity contribution in [2.45, 2.75) is 32.2 Å². The van der Waals surface area contributed by atoms with Gasteiger partial charge < -0.3 is 11.1 Å². The molecule has 3 N–H and O–H groups in total. The highest BCUT2D eigenvalue weighted by Crippen LogP contribution is 2.34. The number of hydrogen-bond donors (Lipinski definition) is 2. The van der Waals surface area contributed by atoms with Crippen molar-refractivity contribution in [1.82, 2.24) is 4.98 Å². The Labute approximate surface area is 99.4 Å². The van der Waals surface area contributed by atoms with Gasteiger partial charge in [-0.15, -0.1) is 0 Å². The quantitative estimate of drug-likeness (QED) is 0.603. The molecule has 1 aliphatic carbocycles. The Bertz CT molecular complexity index is 431. The summed E-state index contributed by atoms with van der Waals surface area (Å²) in [6, 6.07) is 3.29. The number of nitro groups is 1. The third kappa shape index (κ3) is 3.05. The predicted molar refractivity (Wildman–Crippen MR) is 65.7 cm³/mol. The number of rotatable bonds is 5. The first-order chi connectivity index (χ1) is 8.06. The van der Waals surface area contributed by atoms with Crippen LogP contribution in [-0.4, -0.2) is 15.9 Å². The van der Waals surface area contributed by atoms with E-state index in [0.29, 0.717) is 11.9 Å². The molecule has 0 amide bonds. The lowest BCUT2D eigenvalue weighted by atomic mass is 10.1. The van der Waals surface area contributed by atoms with Crippen molar-refractivity contribution in [1.29, 1.82) is 0 Å². The fourth-order valence-corrected chi connectivity index (χ4v) is 1.87. The summed E-state index contributed by atoms with van der Waals surface area (Å²) < 4.78 is 0. The topological polar surface area (TPSA) is 94.1 Å². The van der Waals surface area contributed by atoms with Crippen LogP contribution >= 0.6 is 0 Å². The second-order valence-corrected chi connectivity index (χ2v) is 4.58. The van der Waals surface area contributed by atoms with Crippen LogP contribution in [0.2, 0.25) is 0 Å². The highest BCUT2D eigenvalue weighted by Gasteiger charge is 2.23. The van der Waals surface area contributed by atoms with E-state index < -0.39 is 4.92 Å². The molecule has 1 saturated carbocycles.